The Labute approximate surface area is 137 Å². The van der Waals surface area contributed by atoms with Gasteiger partial charge in [-0.3, -0.25) is 14.9 Å². The number of nitrogens with zero attached hydrogens (tertiary/aromatic N) is 1. The van der Waals surface area contributed by atoms with E-state index >= 15 is 0 Å². The van der Waals surface area contributed by atoms with Gasteiger partial charge in [-0.25, -0.2) is 4.39 Å². The van der Waals surface area contributed by atoms with Gasteiger partial charge in [0.15, 0.2) is 6.61 Å². The predicted octanol–water partition coefficient (Wildman–Crippen LogP) is 3.65. The average molecular weight is 387 g/mol. The van der Waals surface area contributed by atoms with Gasteiger partial charge in [0.1, 0.15) is 11.6 Å². The van der Waals surface area contributed by atoms with Gasteiger partial charge in [-0.15, -0.1) is 0 Å². The summed E-state index contributed by atoms with van der Waals surface area (Å²) < 4.78 is 32.5. The van der Waals surface area contributed by atoms with Crippen LogP contribution in [0.4, 0.5) is 20.2 Å². The number of hydrogen-bond donors (Lipinski definition) is 1. The average Bonchev–Trinajstić information content (AvgIpc) is 2.48. The Balaban J connectivity index is 1.96. The molecule has 0 fully saturated rings. The van der Waals surface area contributed by atoms with Gasteiger partial charge in [-0.1, -0.05) is 15.9 Å². The number of hydrogen-bond acceptors (Lipinski definition) is 4. The number of carbonyl (C=O) groups excluding carboxylic acids is 1. The summed E-state index contributed by atoms with van der Waals surface area (Å²) in [5.74, 6) is -2.43. The van der Waals surface area contributed by atoms with Gasteiger partial charge in [0.25, 0.3) is 5.91 Å². The van der Waals surface area contributed by atoms with Gasteiger partial charge in [0.05, 0.1) is 10.6 Å². The van der Waals surface area contributed by atoms with E-state index < -0.39 is 34.8 Å². The number of carbonyl (C=O) groups is 1. The molecule has 0 aliphatic carbocycles. The lowest BCUT2D eigenvalue weighted by molar-refractivity contribution is -0.387. The van der Waals surface area contributed by atoms with Crippen LogP contribution < -0.4 is 10.1 Å². The van der Waals surface area contributed by atoms with Crippen LogP contribution in [-0.2, 0) is 4.79 Å². The van der Waals surface area contributed by atoms with Crippen LogP contribution in [0.2, 0.25) is 0 Å². The first-order valence-electron chi connectivity index (χ1n) is 6.18. The minimum Gasteiger partial charge on any atom is -0.484 e. The van der Waals surface area contributed by atoms with Crippen molar-refractivity contribution in [2.75, 3.05) is 11.9 Å². The molecule has 9 heteroatoms. The molecule has 0 spiro atoms. The second kappa shape index (κ2) is 7.14. The van der Waals surface area contributed by atoms with Crippen molar-refractivity contribution < 1.29 is 23.2 Å². The summed E-state index contributed by atoms with van der Waals surface area (Å²) in [6.07, 6.45) is 0. The summed E-state index contributed by atoms with van der Waals surface area (Å²) in [5, 5.41) is 12.8. The molecule has 120 valence electrons. The molecule has 2 rings (SSSR count). The Morgan fingerprint density at radius 2 is 1.96 bits per heavy atom. The number of halogens is 3. The van der Waals surface area contributed by atoms with E-state index in [0.29, 0.717) is 4.47 Å². The van der Waals surface area contributed by atoms with Crippen LogP contribution in [0, 0.1) is 21.7 Å². The Morgan fingerprint density at radius 3 is 2.57 bits per heavy atom. The lowest BCUT2D eigenvalue weighted by Gasteiger charge is -2.08. The molecule has 0 radical (unpaired) electrons. The first-order chi connectivity index (χ1) is 10.9. The summed E-state index contributed by atoms with van der Waals surface area (Å²) in [6.45, 7) is -0.507. The van der Waals surface area contributed by atoms with Crippen molar-refractivity contribution in [3.63, 3.8) is 0 Å². The highest BCUT2D eigenvalue weighted by Gasteiger charge is 2.15. The van der Waals surface area contributed by atoms with Crippen molar-refractivity contribution in [1.82, 2.24) is 0 Å². The monoisotopic (exact) mass is 386 g/mol. The zero-order chi connectivity index (χ0) is 17.0. The largest absolute Gasteiger partial charge is 0.484 e. The fourth-order valence-electron chi connectivity index (χ4n) is 1.65. The molecule has 2 aromatic rings. The molecular formula is C14H9BrF2N2O4. The number of nitrogens with one attached hydrogen (secondary N) is 1. The van der Waals surface area contributed by atoms with Crippen molar-refractivity contribution in [2.45, 2.75) is 0 Å². The number of benzene rings is 2. The van der Waals surface area contributed by atoms with E-state index in [9.17, 15) is 23.7 Å². The zero-order valence-electron chi connectivity index (χ0n) is 11.4. The zero-order valence-corrected chi connectivity index (χ0v) is 13.0. The summed E-state index contributed by atoms with van der Waals surface area (Å²) in [6, 6.07) is 6.98. The van der Waals surface area contributed by atoms with Crippen molar-refractivity contribution in [3.05, 3.63) is 62.6 Å². The first kappa shape index (κ1) is 16.8. The molecular weight excluding hydrogens is 378 g/mol. The Bertz CT molecular complexity index is 770. The molecule has 0 heterocycles. The molecule has 1 N–H and O–H groups in total. The third-order valence-corrected chi connectivity index (χ3v) is 3.18. The highest BCUT2D eigenvalue weighted by atomic mass is 79.9. The second-order valence-electron chi connectivity index (χ2n) is 4.33. The Kier molecular flexibility index (Phi) is 5.22. The maximum absolute atomic E-state index is 13.5. The Morgan fingerprint density at radius 1 is 1.22 bits per heavy atom. The third kappa shape index (κ3) is 4.46. The molecule has 23 heavy (non-hydrogen) atoms. The van der Waals surface area contributed by atoms with Crippen LogP contribution in [0.5, 0.6) is 5.75 Å². The van der Waals surface area contributed by atoms with E-state index in [0.717, 1.165) is 18.2 Å². The predicted molar refractivity (Wildman–Crippen MR) is 81.3 cm³/mol. The smallest absolute Gasteiger partial charge is 0.305 e. The molecule has 0 bridgehead atoms. The van der Waals surface area contributed by atoms with E-state index in [-0.39, 0.29) is 11.4 Å². The molecule has 0 aliphatic rings. The van der Waals surface area contributed by atoms with Crippen LogP contribution in [0.25, 0.3) is 0 Å². The molecule has 6 nitrogen and oxygen atoms in total. The molecule has 0 saturated carbocycles. The minimum atomic E-state index is -1.08. The number of amides is 1. The third-order valence-electron chi connectivity index (χ3n) is 2.69. The summed E-state index contributed by atoms with van der Waals surface area (Å²) >= 11 is 3.09. The first-order valence-corrected chi connectivity index (χ1v) is 6.98. The molecule has 0 unspecified atom stereocenters. The van der Waals surface area contributed by atoms with Gasteiger partial charge >= 0.3 is 5.69 Å². The Hall–Kier alpha value is -2.55. The van der Waals surface area contributed by atoms with Crippen LogP contribution in [0.3, 0.4) is 0 Å². The SMILES string of the molecule is O=C(COc1ccc([N+](=O)[O-])c(F)c1)Nc1ccc(Br)cc1F. The second-order valence-corrected chi connectivity index (χ2v) is 5.25. The fourth-order valence-corrected chi connectivity index (χ4v) is 1.98. The van der Waals surface area contributed by atoms with Gasteiger partial charge in [0.2, 0.25) is 5.82 Å². The molecule has 2 aromatic carbocycles. The fraction of sp³-hybridized carbons (Fsp3) is 0.0714. The van der Waals surface area contributed by atoms with E-state index in [1.807, 2.05) is 0 Å². The van der Waals surface area contributed by atoms with E-state index in [4.69, 9.17) is 4.74 Å². The maximum atomic E-state index is 13.5. The van der Waals surface area contributed by atoms with E-state index in [2.05, 4.69) is 21.2 Å². The van der Waals surface area contributed by atoms with Crippen molar-refractivity contribution in [3.8, 4) is 5.75 Å². The molecule has 1 amide bonds. The van der Waals surface area contributed by atoms with Gasteiger partial charge in [0, 0.05) is 16.6 Å². The van der Waals surface area contributed by atoms with Crippen molar-refractivity contribution in [1.29, 1.82) is 0 Å². The van der Waals surface area contributed by atoms with Crippen LogP contribution >= 0.6 is 15.9 Å². The standard InChI is InChI=1S/C14H9BrF2N2O4/c15-8-1-3-12(10(16)5-8)18-14(20)7-23-9-2-4-13(19(21)22)11(17)6-9/h1-6H,7H2,(H,18,20). The number of ether oxygens (including phenoxy) is 1. The molecule has 0 aromatic heterocycles. The van der Waals surface area contributed by atoms with Crippen molar-refractivity contribution in [2.24, 2.45) is 0 Å². The van der Waals surface area contributed by atoms with Crippen molar-refractivity contribution >= 4 is 33.2 Å². The summed E-state index contributed by atoms with van der Waals surface area (Å²) in [7, 11) is 0. The summed E-state index contributed by atoms with van der Waals surface area (Å²) in [4.78, 5) is 21.3. The normalized spacial score (nSPS) is 10.2. The minimum absolute atomic E-state index is 0.0309. The van der Waals surface area contributed by atoms with Crippen LogP contribution in [0.15, 0.2) is 40.9 Å². The lowest BCUT2D eigenvalue weighted by Crippen LogP contribution is -2.20. The molecule has 0 saturated heterocycles. The quantitative estimate of drug-likeness (QED) is 0.627. The molecule has 0 aliphatic heterocycles. The van der Waals surface area contributed by atoms with E-state index in [1.165, 1.54) is 12.1 Å². The van der Waals surface area contributed by atoms with Gasteiger partial charge in [-0.05, 0) is 24.3 Å². The molecule has 0 atom stereocenters. The number of nitro groups is 1. The van der Waals surface area contributed by atoms with Crippen LogP contribution in [-0.4, -0.2) is 17.4 Å². The van der Waals surface area contributed by atoms with Gasteiger partial charge in [-0.2, -0.15) is 4.39 Å². The van der Waals surface area contributed by atoms with E-state index in [1.54, 1.807) is 6.07 Å². The number of rotatable bonds is 5. The summed E-state index contributed by atoms with van der Waals surface area (Å²) in [5.41, 5.74) is -0.726. The highest BCUT2D eigenvalue weighted by Crippen LogP contribution is 2.22. The maximum Gasteiger partial charge on any atom is 0.305 e. The van der Waals surface area contributed by atoms with Gasteiger partial charge < -0.3 is 10.1 Å². The lowest BCUT2D eigenvalue weighted by atomic mass is 10.3. The highest BCUT2D eigenvalue weighted by molar-refractivity contribution is 9.10. The topological polar surface area (TPSA) is 81.5 Å². The van der Waals surface area contributed by atoms with Crippen LogP contribution in [0.1, 0.15) is 0 Å². The number of anilines is 1. The number of nitro benzene ring substituents is 1.